The molecule has 0 saturated carbocycles. The molecule has 0 bridgehead atoms. The van der Waals surface area contributed by atoms with Gasteiger partial charge in [0, 0.05) is 24.2 Å². The minimum atomic E-state index is -3.66. The summed E-state index contributed by atoms with van der Waals surface area (Å²) in [7, 11) is -3.66. The molecule has 7 heteroatoms. The minimum Gasteiger partial charge on any atom is -0.326 e. The summed E-state index contributed by atoms with van der Waals surface area (Å²) in [5, 5.41) is 0.497. The van der Waals surface area contributed by atoms with Crippen molar-refractivity contribution in [1.82, 2.24) is 4.31 Å². The average Bonchev–Trinajstić information content (AvgIpc) is 2.38. The Hall–Kier alpha value is -0.330. The van der Waals surface area contributed by atoms with Crippen LogP contribution >= 0.6 is 23.2 Å². The zero-order chi connectivity index (χ0) is 15.5. The third kappa shape index (κ3) is 3.46. The van der Waals surface area contributed by atoms with Crippen LogP contribution in [-0.4, -0.2) is 25.3 Å². The molecule has 4 nitrogen and oxygen atoms in total. The van der Waals surface area contributed by atoms with E-state index in [9.17, 15) is 8.42 Å². The molecule has 0 spiro atoms. The first kappa shape index (κ1) is 17.7. The fraction of sp³-hybridized carbons (Fsp3) is 0.538. The molecule has 1 unspecified atom stereocenters. The van der Waals surface area contributed by atoms with E-state index in [2.05, 4.69) is 0 Å². The van der Waals surface area contributed by atoms with Crippen molar-refractivity contribution in [3.63, 3.8) is 0 Å². The third-order valence-corrected chi connectivity index (χ3v) is 6.21. The summed E-state index contributed by atoms with van der Waals surface area (Å²) >= 11 is 12.0. The number of nitrogens with zero attached hydrogens (tertiary/aromatic N) is 1. The van der Waals surface area contributed by atoms with E-state index < -0.39 is 10.0 Å². The molecule has 1 rings (SSSR count). The fourth-order valence-electron chi connectivity index (χ4n) is 1.97. The third-order valence-electron chi connectivity index (χ3n) is 3.30. The van der Waals surface area contributed by atoms with Crippen LogP contribution in [0.15, 0.2) is 17.0 Å². The molecule has 114 valence electrons. The van der Waals surface area contributed by atoms with Crippen LogP contribution in [0.2, 0.25) is 10.0 Å². The molecular formula is C13H20Cl2N2O2S. The fourth-order valence-corrected chi connectivity index (χ4v) is 4.54. The van der Waals surface area contributed by atoms with Crippen molar-refractivity contribution in [3.05, 3.63) is 27.7 Å². The number of benzene rings is 1. The van der Waals surface area contributed by atoms with E-state index in [0.717, 1.165) is 6.42 Å². The van der Waals surface area contributed by atoms with Gasteiger partial charge in [-0.1, -0.05) is 37.0 Å². The van der Waals surface area contributed by atoms with Gasteiger partial charge in [-0.25, -0.2) is 8.42 Å². The van der Waals surface area contributed by atoms with E-state index in [4.69, 9.17) is 28.9 Å². The predicted molar refractivity (Wildman–Crippen MR) is 83.7 cm³/mol. The molecule has 0 radical (unpaired) electrons. The summed E-state index contributed by atoms with van der Waals surface area (Å²) in [5.41, 5.74) is 6.14. The topological polar surface area (TPSA) is 63.4 Å². The molecule has 0 aliphatic carbocycles. The van der Waals surface area contributed by atoms with Gasteiger partial charge < -0.3 is 5.73 Å². The Kier molecular flexibility index (Phi) is 6.28. The Bertz CT molecular complexity index is 576. The van der Waals surface area contributed by atoms with E-state index in [0.29, 0.717) is 17.1 Å². The van der Waals surface area contributed by atoms with Crippen LogP contribution in [-0.2, 0) is 16.6 Å². The van der Waals surface area contributed by atoms with Crippen molar-refractivity contribution in [1.29, 1.82) is 0 Å². The van der Waals surface area contributed by atoms with Gasteiger partial charge in [-0.3, -0.25) is 0 Å². The standard InChI is InChI=1S/C13H20Cl2N2O2S/c1-4-9(3)17(5-2)20(18,19)13-6-10(8-16)11(14)7-12(13)15/h6-7,9H,4-5,8,16H2,1-3H3. The van der Waals surface area contributed by atoms with Crippen molar-refractivity contribution in [2.45, 2.75) is 44.7 Å². The van der Waals surface area contributed by atoms with E-state index >= 15 is 0 Å². The highest BCUT2D eigenvalue weighted by atomic mass is 35.5. The molecule has 1 aromatic rings. The van der Waals surface area contributed by atoms with Crippen molar-refractivity contribution in [3.8, 4) is 0 Å². The molecule has 1 atom stereocenters. The molecule has 0 aliphatic heterocycles. The summed E-state index contributed by atoms with van der Waals surface area (Å²) < 4.78 is 26.9. The maximum Gasteiger partial charge on any atom is 0.244 e. The molecule has 0 heterocycles. The lowest BCUT2D eigenvalue weighted by atomic mass is 10.2. The molecule has 2 N–H and O–H groups in total. The van der Waals surface area contributed by atoms with E-state index in [1.165, 1.54) is 16.4 Å². The second-order valence-corrected chi connectivity index (χ2v) is 7.22. The molecule has 0 amide bonds. The minimum absolute atomic E-state index is 0.0613. The van der Waals surface area contributed by atoms with Crippen LogP contribution in [0.4, 0.5) is 0 Å². The van der Waals surface area contributed by atoms with Gasteiger partial charge in [-0.05, 0) is 31.0 Å². The largest absolute Gasteiger partial charge is 0.326 e. The van der Waals surface area contributed by atoms with Crippen molar-refractivity contribution < 1.29 is 8.42 Å². The SMILES string of the molecule is CCC(C)N(CC)S(=O)(=O)c1cc(CN)c(Cl)cc1Cl. The van der Waals surface area contributed by atoms with Gasteiger partial charge >= 0.3 is 0 Å². The van der Waals surface area contributed by atoms with Crippen LogP contribution in [0, 0.1) is 0 Å². The number of hydrogen-bond acceptors (Lipinski definition) is 3. The summed E-state index contributed by atoms with van der Waals surface area (Å²) in [6.45, 7) is 6.16. The van der Waals surface area contributed by atoms with Gasteiger partial charge in [-0.15, -0.1) is 0 Å². The van der Waals surface area contributed by atoms with Crippen molar-refractivity contribution in [2.24, 2.45) is 5.73 Å². The lowest BCUT2D eigenvalue weighted by molar-refractivity contribution is 0.342. The first-order chi connectivity index (χ1) is 9.29. The zero-order valence-corrected chi connectivity index (χ0v) is 14.2. The van der Waals surface area contributed by atoms with Crippen molar-refractivity contribution in [2.75, 3.05) is 6.54 Å². The smallest absolute Gasteiger partial charge is 0.244 e. The van der Waals surface area contributed by atoms with Gasteiger partial charge in [-0.2, -0.15) is 4.31 Å². The van der Waals surface area contributed by atoms with E-state index in [1.807, 2.05) is 13.8 Å². The van der Waals surface area contributed by atoms with Crippen LogP contribution in [0.1, 0.15) is 32.8 Å². The first-order valence-electron chi connectivity index (χ1n) is 6.49. The summed E-state index contributed by atoms with van der Waals surface area (Å²) in [6, 6.07) is 2.80. The van der Waals surface area contributed by atoms with Crippen molar-refractivity contribution >= 4 is 33.2 Å². The maximum absolute atomic E-state index is 12.7. The highest BCUT2D eigenvalue weighted by molar-refractivity contribution is 7.89. The summed E-state index contributed by atoms with van der Waals surface area (Å²) in [4.78, 5) is 0.0613. The first-order valence-corrected chi connectivity index (χ1v) is 8.68. The van der Waals surface area contributed by atoms with Gasteiger partial charge in [0.05, 0.1) is 5.02 Å². The second-order valence-electron chi connectivity index (χ2n) is 4.54. The molecule has 0 aliphatic rings. The molecule has 0 aromatic heterocycles. The van der Waals surface area contributed by atoms with Gasteiger partial charge in [0.1, 0.15) is 4.90 Å². The van der Waals surface area contributed by atoms with Crippen LogP contribution < -0.4 is 5.73 Å². The molecule has 0 fully saturated rings. The lowest BCUT2D eigenvalue weighted by Crippen LogP contribution is -2.38. The Morgan fingerprint density at radius 3 is 2.30 bits per heavy atom. The van der Waals surface area contributed by atoms with Gasteiger partial charge in [0.25, 0.3) is 0 Å². The number of sulfonamides is 1. The molecule has 1 aromatic carbocycles. The highest BCUT2D eigenvalue weighted by Crippen LogP contribution is 2.31. The second kappa shape index (κ2) is 7.09. The quantitative estimate of drug-likeness (QED) is 0.865. The monoisotopic (exact) mass is 338 g/mol. The Morgan fingerprint density at radius 2 is 1.85 bits per heavy atom. The summed E-state index contributed by atoms with van der Waals surface area (Å²) in [6.07, 6.45) is 0.724. The van der Waals surface area contributed by atoms with E-state index in [-0.39, 0.29) is 22.5 Å². The predicted octanol–water partition coefficient (Wildman–Crippen LogP) is 3.26. The zero-order valence-electron chi connectivity index (χ0n) is 11.9. The molecule has 0 saturated heterocycles. The van der Waals surface area contributed by atoms with Crippen LogP contribution in [0.3, 0.4) is 0 Å². The Balaban J connectivity index is 3.41. The van der Waals surface area contributed by atoms with Crippen LogP contribution in [0.25, 0.3) is 0 Å². The number of halogens is 2. The Labute approximate surface area is 130 Å². The Morgan fingerprint density at radius 1 is 1.25 bits per heavy atom. The van der Waals surface area contributed by atoms with E-state index in [1.54, 1.807) is 6.92 Å². The highest BCUT2D eigenvalue weighted by Gasteiger charge is 2.29. The molecular weight excluding hydrogens is 319 g/mol. The number of nitrogens with two attached hydrogens (primary N) is 1. The normalized spacial score (nSPS) is 13.8. The number of rotatable bonds is 6. The van der Waals surface area contributed by atoms with Gasteiger partial charge in [0.2, 0.25) is 10.0 Å². The number of hydrogen-bond donors (Lipinski definition) is 1. The maximum atomic E-state index is 12.7. The lowest BCUT2D eigenvalue weighted by Gasteiger charge is -2.27. The molecule has 20 heavy (non-hydrogen) atoms. The summed E-state index contributed by atoms with van der Waals surface area (Å²) in [5.74, 6) is 0. The van der Waals surface area contributed by atoms with Crippen LogP contribution in [0.5, 0.6) is 0 Å². The van der Waals surface area contributed by atoms with Gasteiger partial charge in [0.15, 0.2) is 0 Å². The average molecular weight is 339 g/mol.